The molecule has 5 heterocycles. The lowest BCUT2D eigenvalue weighted by Crippen LogP contribution is -2.50. The molecule has 0 aliphatic carbocycles. The van der Waals surface area contributed by atoms with E-state index < -0.39 is 5.54 Å². The molecule has 36 heavy (non-hydrogen) atoms. The summed E-state index contributed by atoms with van der Waals surface area (Å²) in [4.78, 5) is 23.0. The van der Waals surface area contributed by atoms with Crippen molar-refractivity contribution in [3.8, 4) is 23.3 Å². The maximum absolute atomic E-state index is 14.1. The largest absolute Gasteiger partial charge is 0.493 e. The average Bonchev–Trinajstić information content (AvgIpc) is 3.60. The van der Waals surface area contributed by atoms with Crippen molar-refractivity contribution >= 4 is 5.91 Å². The van der Waals surface area contributed by atoms with Crippen molar-refractivity contribution < 1.29 is 14.3 Å². The summed E-state index contributed by atoms with van der Waals surface area (Å²) in [5, 5.41) is 9.71. The number of carbonyl (C=O) groups is 1. The van der Waals surface area contributed by atoms with Crippen LogP contribution in [0.5, 0.6) is 17.2 Å². The van der Waals surface area contributed by atoms with Crippen LogP contribution in [0.15, 0.2) is 48.9 Å². The highest BCUT2D eigenvalue weighted by Crippen LogP contribution is 2.46. The first-order valence-corrected chi connectivity index (χ1v) is 12.7. The summed E-state index contributed by atoms with van der Waals surface area (Å²) in [5.74, 6) is 2.19. The lowest BCUT2D eigenvalue weighted by molar-refractivity contribution is -0.139. The Morgan fingerprint density at radius 1 is 1.08 bits per heavy atom. The van der Waals surface area contributed by atoms with E-state index in [1.807, 2.05) is 48.9 Å². The van der Waals surface area contributed by atoms with Gasteiger partial charge in [-0.25, -0.2) is 4.98 Å². The highest BCUT2D eigenvalue weighted by molar-refractivity contribution is 5.89. The minimum Gasteiger partial charge on any atom is -0.493 e. The summed E-state index contributed by atoms with van der Waals surface area (Å²) in [6.07, 6.45) is 7.27. The van der Waals surface area contributed by atoms with Crippen LogP contribution in [-0.2, 0) is 17.9 Å². The van der Waals surface area contributed by atoms with Gasteiger partial charge < -0.3 is 18.9 Å². The number of ether oxygens (including phenoxy) is 2. The SMILES string of the molecule is N#Cc1ccc2cc1Oc1ccc3c(c1)[C@@H](CCO3)N1CC[C@]3(CCCN3Cc3cncn3C2)C1=O. The zero-order valence-corrected chi connectivity index (χ0v) is 20.0. The van der Waals surface area contributed by atoms with E-state index in [-0.39, 0.29) is 11.9 Å². The van der Waals surface area contributed by atoms with Crippen molar-refractivity contribution in [3.63, 3.8) is 0 Å². The Labute approximate surface area is 209 Å². The van der Waals surface area contributed by atoms with Gasteiger partial charge in [0.25, 0.3) is 0 Å². The topological polar surface area (TPSA) is 83.6 Å². The second kappa shape index (κ2) is 8.10. The zero-order valence-electron chi connectivity index (χ0n) is 20.0. The molecule has 2 fully saturated rings. The normalized spacial score (nSPS) is 24.9. The number of hydrogen-bond acceptors (Lipinski definition) is 6. The summed E-state index contributed by atoms with van der Waals surface area (Å²) in [6, 6.07) is 13.7. The van der Waals surface area contributed by atoms with E-state index in [0.29, 0.717) is 36.8 Å². The number of amides is 1. The van der Waals surface area contributed by atoms with Crippen LogP contribution >= 0.6 is 0 Å². The molecule has 0 radical (unpaired) electrons. The summed E-state index contributed by atoms with van der Waals surface area (Å²) < 4.78 is 14.4. The van der Waals surface area contributed by atoms with Gasteiger partial charge in [-0.05, 0) is 61.7 Å². The molecule has 8 heteroatoms. The van der Waals surface area contributed by atoms with Crippen LogP contribution in [0.4, 0.5) is 0 Å². The molecule has 182 valence electrons. The molecule has 2 saturated heterocycles. The molecule has 2 aromatic carbocycles. The molecule has 7 rings (SSSR count). The molecule has 1 aromatic heterocycles. The first-order chi connectivity index (χ1) is 17.6. The van der Waals surface area contributed by atoms with Gasteiger partial charge in [-0.15, -0.1) is 0 Å². The van der Waals surface area contributed by atoms with Crippen molar-refractivity contribution in [1.82, 2.24) is 19.4 Å². The van der Waals surface area contributed by atoms with Crippen molar-refractivity contribution in [1.29, 1.82) is 5.26 Å². The average molecular weight is 482 g/mol. The second-order valence-corrected chi connectivity index (χ2v) is 10.2. The number of benzene rings is 2. The predicted molar refractivity (Wildman–Crippen MR) is 131 cm³/mol. The van der Waals surface area contributed by atoms with Gasteiger partial charge in [0.2, 0.25) is 5.91 Å². The van der Waals surface area contributed by atoms with Gasteiger partial charge in [0, 0.05) is 37.8 Å². The van der Waals surface area contributed by atoms with E-state index in [1.165, 1.54) is 0 Å². The van der Waals surface area contributed by atoms with Crippen LogP contribution in [-0.4, -0.2) is 50.5 Å². The molecule has 0 saturated carbocycles. The Balaban J connectivity index is 1.38. The smallest absolute Gasteiger partial charge is 0.243 e. The summed E-state index contributed by atoms with van der Waals surface area (Å²) >= 11 is 0. The standard InChI is InChI=1S/C28H27N5O3/c29-14-20-3-2-19-12-26(20)36-22-4-5-25-23(13-22)24(6-11-35-25)33-10-8-28(27(33)34)7-1-9-32(28)17-21-15-30-18-31(21)16-19/h2-5,12-13,15,18,24H,1,6-11,16-17H2/t24-,28-/m1/s1. The van der Waals surface area contributed by atoms with Gasteiger partial charge in [0.05, 0.1) is 30.2 Å². The first kappa shape index (κ1) is 21.5. The molecule has 8 nitrogen and oxygen atoms in total. The van der Waals surface area contributed by atoms with Crippen molar-refractivity contribution in [2.24, 2.45) is 0 Å². The van der Waals surface area contributed by atoms with E-state index in [4.69, 9.17) is 9.47 Å². The van der Waals surface area contributed by atoms with Gasteiger partial charge in [-0.2, -0.15) is 5.26 Å². The number of rotatable bonds is 0. The number of carbonyl (C=O) groups excluding carboxylic acids is 1. The monoisotopic (exact) mass is 481 g/mol. The maximum atomic E-state index is 14.1. The molecule has 6 bridgehead atoms. The second-order valence-electron chi connectivity index (χ2n) is 10.2. The highest BCUT2D eigenvalue weighted by Gasteiger charge is 2.54. The summed E-state index contributed by atoms with van der Waals surface area (Å²) in [6.45, 7) is 3.53. The minimum absolute atomic E-state index is 0.0492. The number of hydrogen-bond donors (Lipinski definition) is 0. The summed E-state index contributed by atoms with van der Waals surface area (Å²) in [5.41, 5.74) is 3.12. The fraction of sp³-hybridized carbons (Fsp3) is 0.393. The highest BCUT2D eigenvalue weighted by atomic mass is 16.5. The number of imidazole rings is 1. The lowest BCUT2D eigenvalue weighted by Gasteiger charge is -2.37. The van der Waals surface area contributed by atoms with E-state index in [0.717, 1.165) is 61.3 Å². The van der Waals surface area contributed by atoms with Gasteiger partial charge >= 0.3 is 0 Å². The third-order valence-corrected chi connectivity index (χ3v) is 8.31. The fourth-order valence-corrected chi connectivity index (χ4v) is 6.49. The lowest BCUT2D eigenvalue weighted by atomic mass is 9.93. The molecular weight excluding hydrogens is 454 g/mol. The summed E-state index contributed by atoms with van der Waals surface area (Å²) in [7, 11) is 0. The van der Waals surface area contributed by atoms with Gasteiger partial charge in [-0.1, -0.05) is 6.07 Å². The zero-order chi connectivity index (χ0) is 24.3. The van der Waals surface area contributed by atoms with E-state index >= 15 is 0 Å². The minimum atomic E-state index is -0.444. The van der Waals surface area contributed by atoms with Crippen LogP contribution in [0.3, 0.4) is 0 Å². The third-order valence-electron chi connectivity index (χ3n) is 8.31. The van der Waals surface area contributed by atoms with E-state index in [9.17, 15) is 10.1 Å². The van der Waals surface area contributed by atoms with Crippen molar-refractivity contribution in [2.75, 3.05) is 19.7 Å². The number of nitrogens with zero attached hydrogens (tertiary/aromatic N) is 5. The van der Waals surface area contributed by atoms with Crippen LogP contribution in [0.25, 0.3) is 0 Å². The molecular formula is C28H27N5O3. The number of aromatic nitrogens is 2. The molecule has 4 aliphatic heterocycles. The molecule has 1 spiro atoms. The predicted octanol–water partition coefficient (Wildman–Crippen LogP) is 4.00. The van der Waals surface area contributed by atoms with Gasteiger partial charge in [0.1, 0.15) is 28.9 Å². The van der Waals surface area contributed by atoms with Crippen LogP contribution in [0.1, 0.15) is 54.1 Å². The molecule has 0 unspecified atom stereocenters. The Hall–Kier alpha value is -3.83. The molecule has 2 atom stereocenters. The fourth-order valence-electron chi connectivity index (χ4n) is 6.49. The van der Waals surface area contributed by atoms with Crippen LogP contribution in [0, 0.1) is 11.3 Å². The molecule has 4 aliphatic rings. The third kappa shape index (κ3) is 3.23. The van der Waals surface area contributed by atoms with E-state index in [2.05, 4.69) is 25.4 Å². The molecule has 3 aromatic rings. The number of fused-ring (bicyclic) bond motifs is 6. The molecule has 1 amide bonds. The first-order valence-electron chi connectivity index (χ1n) is 12.7. The quantitative estimate of drug-likeness (QED) is 0.483. The van der Waals surface area contributed by atoms with Gasteiger partial charge in [-0.3, -0.25) is 9.69 Å². The Morgan fingerprint density at radius 3 is 2.94 bits per heavy atom. The number of nitriles is 1. The van der Waals surface area contributed by atoms with Crippen molar-refractivity contribution in [3.05, 3.63) is 71.3 Å². The molecule has 0 N–H and O–H groups in total. The van der Waals surface area contributed by atoms with Crippen LogP contribution < -0.4 is 9.47 Å². The van der Waals surface area contributed by atoms with Crippen molar-refractivity contribution in [2.45, 2.75) is 50.4 Å². The van der Waals surface area contributed by atoms with E-state index in [1.54, 1.807) is 0 Å². The Bertz CT molecular complexity index is 1410. The Kier molecular flexibility index (Phi) is 4.83. The maximum Gasteiger partial charge on any atom is 0.243 e. The van der Waals surface area contributed by atoms with Crippen LogP contribution in [0.2, 0.25) is 0 Å². The Morgan fingerprint density at radius 2 is 2.03 bits per heavy atom. The van der Waals surface area contributed by atoms with Gasteiger partial charge in [0.15, 0.2) is 0 Å².